The number of carbonyl (C=O) groups excluding carboxylic acids is 5. The molecule has 28 heteroatoms. The lowest BCUT2D eigenvalue weighted by Gasteiger charge is -2.46. The molecule has 0 bridgehead atoms. The molecular formula is C62H81N5O23. The maximum Gasteiger partial charge on any atom is 0.409 e. The van der Waals surface area contributed by atoms with Crippen molar-refractivity contribution in [1.82, 2.24) is 26.6 Å². The molecule has 4 aromatic carbocycles. The summed E-state index contributed by atoms with van der Waals surface area (Å²) in [6, 6.07) is 32.3. The van der Waals surface area contributed by atoms with Crippen molar-refractivity contribution in [2.24, 2.45) is 11.8 Å². The maximum absolute atomic E-state index is 13.8. The summed E-state index contributed by atoms with van der Waals surface area (Å²) in [5.41, 5.74) is 2.64. The number of benzene rings is 4. The van der Waals surface area contributed by atoms with Gasteiger partial charge in [0.05, 0.1) is 25.4 Å². The number of amides is 4. The Morgan fingerprint density at radius 1 is 0.522 bits per heavy atom. The van der Waals surface area contributed by atoms with Gasteiger partial charge in [0.2, 0.25) is 0 Å². The maximum atomic E-state index is 13.8. The second-order valence-electron chi connectivity index (χ2n) is 22.2. The first-order valence-corrected chi connectivity index (χ1v) is 29.4. The molecule has 0 aromatic heterocycles. The molecular weight excluding hydrogens is 1180 g/mol. The lowest BCUT2D eigenvalue weighted by molar-refractivity contribution is -0.297. The van der Waals surface area contributed by atoms with Crippen LogP contribution >= 0.6 is 0 Å². The summed E-state index contributed by atoms with van der Waals surface area (Å²) in [6.07, 6.45) is -28.4. The molecule has 4 heterocycles. The molecule has 0 radical (unpaired) electrons. The first-order valence-electron chi connectivity index (χ1n) is 29.4. The van der Waals surface area contributed by atoms with Crippen LogP contribution in [0.5, 0.6) is 0 Å². The zero-order valence-corrected chi connectivity index (χ0v) is 48.5. The van der Waals surface area contributed by atoms with Crippen LogP contribution in [0.1, 0.15) is 49.4 Å². The van der Waals surface area contributed by atoms with Crippen LogP contribution in [-0.2, 0) is 83.3 Å². The van der Waals surface area contributed by atoms with Crippen LogP contribution in [0, 0.1) is 11.8 Å². The third-order valence-electron chi connectivity index (χ3n) is 15.8. The number of nitrogens with one attached hydrogen (secondary N) is 5. The van der Waals surface area contributed by atoms with Gasteiger partial charge in [-0.15, -0.1) is 0 Å². The molecule has 1 aliphatic carbocycles. The van der Waals surface area contributed by atoms with Crippen molar-refractivity contribution in [2.45, 2.75) is 164 Å². The van der Waals surface area contributed by atoms with Gasteiger partial charge in [-0.3, -0.25) is 10.1 Å². The van der Waals surface area contributed by atoms with E-state index in [9.17, 15) is 59.7 Å². The highest BCUT2D eigenvalue weighted by Crippen LogP contribution is 2.43. The summed E-state index contributed by atoms with van der Waals surface area (Å²) in [7, 11) is 0. The van der Waals surface area contributed by atoms with E-state index in [4.69, 9.17) is 52.1 Å². The Morgan fingerprint density at radius 3 is 1.54 bits per heavy atom. The summed E-state index contributed by atoms with van der Waals surface area (Å²) in [4.78, 5) is 66.3. The standard InChI is InChI=1S/C61H77N5O23.CH4/c1-33-24-38(25-39(69)54(74)66-61(78)82-32-37-20-12-5-13-21-37)45(70)53(49(33)87-56-44(52-51(86-52)41(84-56)26-62-22-23-67)65-60(77)81-31-36-18-10-4-11-19-36)89-57-48(73)50(42(28-68)85-57)88-55-43(64-59(76)80-30-35-16-8-3-9-17-35)47(72)46(71)40(83-55)27-63-58(75)79-29-34-14-6-2-7-15-34;/h2-21,33,38,40-57,62,67-68,70-74H,22-32H2,1H3,(H,63,75)(H,64,76)(H,65,77)(H,66,78);1H4/t33-,38-,40-,41+,42+,43+,44+,45-,46+,47+,48+,49+,50+,51-,52+,53+,54+,55+,56+,57-;/m0./s1. The average Bonchev–Trinajstić information content (AvgIpc) is 1.62. The number of alkyl carbamates (subject to hydrolysis) is 4. The molecule has 0 spiro atoms. The van der Waals surface area contributed by atoms with Crippen molar-refractivity contribution in [3.8, 4) is 0 Å². The molecule has 1 saturated carbocycles. The number of ketones is 1. The predicted octanol–water partition coefficient (Wildman–Crippen LogP) is 1.11. The smallest absolute Gasteiger partial charge is 0.409 e. The number of Topliss-reactive ketones (excluding diaryl/α,β-unsaturated/α-hetero) is 1. The Hall–Kier alpha value is -6.97. The minimum absolute atomic E-state index is 0. The van der Waals surface area contributed by atoms with Crippen molar-refractivity contribution in [2.75, 3.05) is 32.8 Å². The number of fused-ring (bicyclic) bond motifs is 1. The van der Waals surface area contributed by atoms with E-state index in [0.29, 0.717) is 22.3 Å². The van der Waals surface area contributed by atoms with E-state index in [1.165, 1.54) is 0 Å². The minimum Gasteiger partial charge on any atom is -0.445 e. The third kappa shape index (κ3) is 18.6. The summed E-state index contributed by atoms with van der Waals surface area (Å²) in [5.74, 6) is -2.69. The van der Waals surface area contributed by atoms with Crippen LogP contribution in [-0.4, -0.2) is 209 Å². The zero-order valence-electron chi connectivity index (χ0n) is 48.5. The molecule has 12 N–H and O–H groups in total. The molecule has 20 atom stereocenters. The van der Waals surface area contributed by atoms with Crippen LogP contribution in [0.15, 0.2) is 121 Å². The summed E-state index contributed by atoms with van der Waals surface area (Å²) >= 11 is 0. The second kappa shape index (κ2) is 33.4. The van der Waals surface area contributed by atoms with Crippen molar-refractivity contribution in [3.63, 3.8) is 0 Å². The number of hydrogen-bond donors (Lipinski definition) is 12. The quantitative estimate of drug-likeness (QED) is 0.0172. The first kappa shape index (κ1) is 68.9. The number of epoxide rings is 1. The van der Waals surface area contributed by atoms with Crippen molar-refractivity contribution in [3.05, 3.63) is 144 Å². The molecule has 9 rings (SSSR count). The fourth-order valence-corrected chi connectivity index (χ4v) is 11.1. The van der Waals surface area contributed by atoms with Gasteiger partial charge < -0.3 is 109 Å². The van der Waals surface area contributed by atoms with Crippen molar-refractivity contribution < 1.29 is 112 Å². The Bertz CT molecular complexity index is 2880. The van der Waals surface area contributed by atoms with Gasteiger partial charge in [0.1, 0.15) is 99.6 Å². The monoisotopic (exact) mass is 1260 g/mol. The summed E-state index contributed by atoms with van der Waals surface area (Å²) in [5, 5.41) is 92.1. The summed E-state index contributed by atoms with van der Waals surface area (Å²) in [6.45, 7) is -0.0165. The molecule has 492 valence electrons. The normalized spacial score (nSPS) is 31.3. The largest absolute Gasteiger partial charge is 0.445 e. The number of ether oxygens (including phenoxy) is 11. The number of rotatable bonds is 27. The molecule has 5 fully saturated rings. The van der Waals surface area contributed by atoms with E-state index in [1.807, 2.05) is 6.07 Å². The lowest BCUT2D eigenvalue weighted by Crippen LogP contribution is -2.66. The van der Waals surface area contributed by atoms with Gasteiger partial charge in [-0.25, -0.2) is 19.2 Å². The topological polar surface area (TPSA) is 392 Å². The molecule has 4 saturated heterocycles. The van der Waals surface area contributed by atoms with Gasteiger partial charge in [-0.1, -0.05) is 136 Å². The number of aliphatic hydroxyl groups excluding tert-OH is 7. The molecule has 4 aromatic rings. The van der Waals surface area contributed by atoms with Crippen LogP contribution in [0.3, 0.4) is 0 Å². The Kier molecular flexibility index (Phi) is 25.6. The zero-order chi connectivity index (χ0) is 63.0. The lowest BCUT2D eigenvalue weighted by atomic mass is 9.74. The van der Waals surface area contributed by atoms with E-state index in [0.717, 1.165) is 0 Å². The van der Waals surface area contributed by atoms with Gasteiger partial charge in [0, 0.05) is 26.1 Å². The molecule has 4 amide bonds. The van der Waals surface area contributed by atoms with E-state index in [-0.39, 0.29) is 60.0 Å². The van der Waals surface area contributed by atoms with Gasteiger partial charge in [0.15, 0.2) is 30.9 Å². The van der Waals surface area contributed by atoms with E-state index < -0.39 is 172 Å². The Labute approximate surface area is 519 Å². The molecule has 5 aliphatic rings. The van der Waals surface area contributed by atoms with Gasteiger partial charge in [-0.05, 0) is 40.5 Å². The fraction of sp³-hybridized carbons (Fsp3) is 0.532. The van der Waals surface area contributed by atoms with Crippen LogP contribution in [0.4, 0.5) is 19.2 Å². The average molecular weight is 1260 g/mol. The highest BCUT2D eigenvalue weighted by atomic mass is 16.8. The first-order chi connectivity index (χ1) is 43.1. The van der Waals surface area contributed by atoms with Crippen LogP contribution < -0.4 is 26.6 Å². The van der Waals surface area contributed by atoms with E-state index >= 15 is 0 Å². The SMILES string of the molecule is C.C[C@H]1C[C@@H](CC(=O)[C@@H](O)NC(=O)OCc2ccccc2)[C@H](O)[C@@H](O[C@@H]2O[C@H](CO)[C@@H](O[C@H]3O[C@@H](CNC(=O)OCc4ccccc4)[C@@H](O)[C@H](O)[C@H]3NC(=O)OCc3ccccc3)[C@H]2O)[C@@H]1O[C@H]1O[C@H](CNCCO)[C@@H]2O[C@@H]2[C@H]1NC(=O)OCc1ccccc1. The second-order valence-corrected chi connectivity index (χ2v) is 22.2. The van der Waals surface area contributed by atoms with Gasteiger partial charge in [0.25, 0.3) is 0 Å². The molecule has 90 heavy (non-hydrogen) atoms. The number of aliphatic hydroxyl groups is 7. The molecule has 4 aliphatic heterocycles. The number of hydrogen-bond acceptors (Lipinski definition) is 24. The highest BCUT2D eigenvalue weighted by Gasteiger charge is 2.61. The summed E-state index contributed by atoms with van der Waals surface area (Å²) < 4.78 is 65.9. The third-order valence-corrected chi connectivity index (χ3v) is 15.8. The van der Waals surface area contributed by atoms with E-state index in [1.54, 1.807) is 122 Å². The minimum atomic E-state index is -2.08. The van der Waals surface area contributed by atoms with Gasteiger partial charge >= 0.3 is 24.4 Å². The Balaban J connectivity index is 0.0000105. The fourth-order valence-electron chi connectivity index (χ4n) is 11.1. The Morgan fingerprint density at radius 2 is 1.00 bits per heavy atom. The van der Waals surface area contributed by atoms with E-state index in [2.05, 4.69) is 26.6 Å². The van der Waals surface area contributed by atoms with Gasteiger partial charge in [-0.2, -0.15) is 0 Å². The molecule has 28 nitrogen and oxygen atoms in total. The number of carbonyl (C=O) groups is 5. The molecule has 0 unspecified atom stereocenters. The van der Waals surface area contributed by atoms with Crippen LogP contribution in [0.25, 0.3) is 0 Å². The van der Waals surface area contributed by atoms with Crippen molar-refractivity contribution in [1.29, 1.82) is 0 Å². The predicted molar refractivity (Wildman–Crippen MR) is 311 cm³/mol. The van der Waals surface area contributed by atoms with Crippen LogP contribution in [0.2, 0.25) is 0 Å². The van der Waals surface area contributed by atoms with Crippen molar-refractivity contribution >= 4 is 30.2 Å². The highest BCUT2D eigenvalue weighted by molar-refractivity contribution is 5.86.